The van der Waals surface area contributed by atoms with Gasteiger partial charge in [-0.05, 0) is 30.2 Å². The normalized spacial score (nSPS) is 21.0. The average molecular weight is 286 g/mol. The molecule has 2 unspecified atom stereocenters. The number of hydrogen-bond acceptors (Lipinski definition) is 4. The number of halogens is 2. The Labute approximate surface area is 113 Å². The molecule has 0 saturated heterocycles. The number of fused-ring (bicyclic) bond motifs is 1. The Kier molecular flexibility index (Phi) is 3.87. The largest absolute Gasteiger partial charge is 0.483 e. The Morgan fingerprint density at radius 3 is 2.70 bits per heavy atom. The molecule has 5 nitrogen and oxygen atoms in total. The lowest BCUT2D eigenvalue weighted by molar-refractivity contribution is -0.150. The molecule has 0 aliphatic carbocycles. The van der Waals surface area contributed by atoms with Gasteiger partial charge in [0.2, 0.25) is 0 Å². The second-order valence-corrected chi connectivity index (χ2v) is 4.38. The molecule has 20 heavy (non-hydrogen) atoms. The maximum Gasteiger partial charge on any atom is 0.337 e. The highest BCUT2D eigenvalue weighted by atomic mass is 19.3. The molecule has 0 bridgehead atoms. The molecule has 1 N–H and O–H groups in total. The molecule has 108 valence electrons. The van der Waals surface area contributed by atoms with Crippen LogP contribution in [0.2, 0.25) is 0 Å². The van der Waals surface area contributed by atoms with Gasteiger partial charge < -0.3 is 14.6 Å². The Morgan fingerprint density at radius 1 is 1.45 bits per heavy atom. The number of carboxylic acid groups (broad SMARTS) is 1. The highest BCUT2D eigenvalue weighted by molar-refractivity contribution is 5.89. The zero-order chi connectivity index (χ0) is 14.9. The lowest BCUT2D eigenvalue weighted by Gasteiger charge is -2.30. The summed E-state index contributed by atoms with van der Waals surface area (Å²) in [4.78, 5) is 22.4. The third-order valence-corrected chi connectivity index (χ3v) is 3.15. The zero-order valence-electron chi connectivity index (χ0n) is 10.5. The lowest BCUT2D eigenvalue weighted by atomic mass is 9.90. The smallest absolute Gasteiger partial charge is 0.337 e. The summed E-state index contributed by atoms with van der Waals surface area (Å²) >= 11 is 0. The predicted octanol–water partition coefficient (Wildman–Crippen LogP) is 1.74. The van der Waals surface area contributed by atoms with Crippen molar-refractivity contribution < 1.29 is 33.0 Å². The number of carbonyl (C=O) groups is 2. The van der Waals surface area contributed by atoms with Gasteiger partial charge in [-0.15, -0.1) is 0 Å². The molecule has 0 saturated carbocycles. The molecule has 0 radical (unpaired) electrons. The van der Waals surface area contributed by atoms with Gasteiger partial charge in [0.15, 0.2) is 6.10 Å². The summed E-state index contributed by atoms with van der Waals surface area (Å²) < 4.78 is 35.2. The number of esters is 1. The number of ether oxygens (including phenoxy) is 2. The van der Waals surface area contributed by atoms with Gasteiger partial charge in [0.05, 0.1) is 12.7 Å². The van der Waals surface area contributed by atoms with Crippen LogP contribution in [0.3, 0.4) is 0 Å². The van der Waals surface area contributed by atoms with Crippen molar-refractivity contribution in [1.82, 2.24) is 0 Å². The van der Waals surface area contributed by atoms with Crippen molar-refractivity contribution in [3.05, 3.63) is 29.3 Å². The molecule has 7 heteroatoms. The Balaban J connectivity index is 2.36. The lowest BCUT2D eigenvalue weighted by Crippen LogP contribution is -2.42. The average Bonchev–Trinajstić information content (AvgIpc) is 2.44. The van der Waals surface area contributed by atoms with E-state index in [0.29, 0.717) is 5.56 Å². The van der Waals surface area contributed by atoms with Crippen LogP contribution in [0.15, 0.2) is 18.2 Å². The molecule has 1 aliphatic heterocycles. The van der Waals surface area contributed by atoms with E-state index in [1.165, 1.54) is 25.3 Å². The highest BCUT2D eigenvalue weighted by Crippen LogP contribution is 2.34. The topological polar surface area (TPSA) is 72.8 Å². The maximum atomic E-state index is 12.8. The summed E-state index contributed by atoms with van der Waals surface area (Å²) in [5.74, 6) is -3.13. The summed E-state index contributed by atoms with van der Waals surface area (Å²) in [6, 6.07) is 4.15. The van der Waals surface area contributed by atoms with Gasteiger partial charge in [-0.2, -0.15) is 0 Å². The Morgan fingerprint density at radius 2 is 2.15 bits per heavy atom. The standard InChI is InChI=1S/C13H12F2O5/c1-19-13(18)6-2-3-9-7(4-6)5-8(12(16)17)10(20-9)11(14)15/h2-4,8,10-11H,5H2,1H3,(H,16,17). The molecule has 1 heterocycles. The van der Waals surface area contributed by atoms with Crippen LogP contribution in [0.5, 0.6) is 5.75 Å². The number of methoxy groups -OCH3 is 1. The second kappa shape index (κ2) is 5.44. The molecule has 0 aromatic heterocycles. The first-order valence-corrected chi connectivity index (χ1v) is 5.83. The summed E-state index contributed by atoms with van der Waals surface area (Å²) in [5.41, 5.74) is 0.617. The van der Waals surface area contributed by atoms with Crippen LogP contribution in [-0.4, -0.2) is 36.7 Å². The Bertz CT molecular complexity index is 544. The first kappa shape index (κ1) is 14.2. The molecule has 2 rings (SSSR count). The fourth-order valence-electron chi connectivity index (χ4n) is 2.14. The minimum atomic E-state index is -2.90. The van der Waals surface area contributed by atoms with E-state index in [-0.39, 0.29) is 17.7 Å². The second-order valence-electron chi connectivity index (χ2n) is 4.38. The maximum absolute atomic E-state index is 12.8. The van der Waals surface area contributed by atoms with Crippen LogP contribution in [0, 0.1) is 5.92 Å². The van der Waals surface area contributed by atoms with Crippen LogP contribution >= 0.6 is 0 Å². The minimum absolute atomic E-state index is 0.121. The molecule has 1 aliphatic rings. The van der Waals surface area contributed by atoms with Gasteiger partial charge in [0.25, 0.3) is 6.43 Å². The van der Waals surface area contributed by atoms with Crippen molar-refractivity contribution in [2.45, 2.75) is 19.0 Å². The van der Waals surface area contributed by atoms with Crippen molar-refractivity contribution >= 4 is 11.9 Å². The third kappa shape index (κ3) is 2.56. The van der Waals surface area contributed by atoms with Crippen molar-refractivity contribution in [1.29, 1.82) is 0 Å². The Hall–Kier alpha value is -2.18. The van der Waals surface area contributed by atoms with Gasteiger partial charge in [0, 0.05) is 0 Å². The van der Waals surface area contributed by atoms with Gasteiger partial charge in [-0.1, -0.05) is 0 Å². The fraction of sp³-hybridized carbons (Fsp3) is 0.385. The van der Waals surface area contributed by atoms with E-state index in [2.05, 4.69) is 4.74 Å². The minimum Gasteiger partial charge on any atom is -0.483 e. The van der Waals surface area contributed by atoms with Crippen molar-refractivity contribution in [2.75, 3.05) is 7.11 Å². The van der Waals surface area contributed by atoms with Crippen LogP contribution in [0.1, 0.15) is 15.9 Å². The summed E-state index contributed by atoms with van der Waals surface area (Å²) in [6.07, 6.45) is -4.71. The van der Waals surface area contributed by atoms with E-state index in [0.717, 1.165) is 0 Å². The van der Waals surface area contributed by atoms with E-state index < -0.39 is 30.4 Å². The molecule has 0 amide bonds. The van der Waals surface area contributed by atoms with E-state index in [4.69, 9.17) is 9.84 Å². The van der Waals surface area contributed by atoms with Crippen LogP contribution in [0.25, 0.3) is 0 Å². The SMILES string of the molecule is COC(=O)c1ccc2c(c1)CC(C(=O)O)C(C(F)F)O2. The van der Waals surface area contributed by atoms with Crippen molar-refractivity contribution in [3.63, 3.8) is 0 Å². The molecule has 2 atom stereocenters. The number of carboxylic acids is 1. The van der Waals surface area contributed by atoms with Gasteiger partial charge >= 0.3 is 11.9 Å². The van der Waals surface area contributed by atoms with Crippen molar-refractivity contribution in [2.24, 2.45) is 5.92 Å². The zero-order valence-corrected chi connectivity index (χ0v) is 10.5. The predicted molar refractivity (Wildman–Crippen MR) is 63.0 cm³/mol. The third-order valence-electron chi connectivity index (χ3n) is 3.15. The van der Waals surface area contributed by atoms with Gasteiger partial charge in [-0.25, -0.2) is 13.6 Å². The summed E-state index contributed by atoms with van der Waals surface area (Å²) in [7, 11) is 1.21. The van der Waals surface area contributed by atoms with Gasteiger partial charge in [0.1, 0.15) is 11.7 Å². The fourth-order valence-corrected chi connectivity index (χ4v) is 2.14. The highest BCUT2D eigenvalue weighted by Gasteiger charge is 2.41. The number of alkyl halides is 2. The van der Waals surface area contributed by atoms with E-state index in [1.807, 2.05) is 0 Å². The van der Waals surface area contributed by atoms with Gasteiger partial charge in [-0.3, -0.25) is 4.79 Å². The van der Waals surface area contributed by atoms with E-state index >= 15 is 0 Å². The molecular weight excluding hydrogens is 274 g/mol. The summed E-state index contributed by atoms with van der Waals surface area (Å²) in [5, 5.41) is 9.00. The summed E-state index contributed by atoms with van der Waals surface area (Å²) in [6.45, 7) is 0. The number of rotatable bonds is 3. The van der Waals surface area contributed by atoms with Crippen LogP contribution in [0.4, 0.5) is 8.78 Å². The van der Waals surface area contributed by atoms with Crippen LogP contribution < -0.4 is 4.74 Å². The monoisotopic (exact) mass is 286 g/mol. The first-order valence-electron chi connectivity index (χ1n) is 5.83. The van der Waals surface area contributed by atoms with Crippen molar-refractivity contribution in [3.8, 4) is 5.75 Å². The first-order chi connectivity index (χ1) is 9.43. The van der Waals surface area contributed by atoms with Crippen LogP contribution in [-0.2, 0) is 16.0 Å². The quantitative estimate of drug-likeness (QED) is 0.857. The number of benzene rings is 1. The molecule has 0 spiro atoms. The molecule has 1 aromatic rings. The van der Waals surface area contributed by atoms with E-state index in [1.54, 1.807) is 0 Å². The molecule has 1 aromatic carbocycles. The number of hydrogen-bond donors (Lipinski definition) is 1. The number of carbonyl (C=O) groups excluding carboxylic acids is 1. The van der Waals surface area contributed by atoms with E-state index in [9.17, 15) is 18.4 Å². The molecule has 0 fully saturated rings. The number of aliphatic carboxylic acids is 1. The molecular formula is C13H12F2O5.